The predicted molar refractivity (Wildman–Crippen MR) is 123 cm³/mol. The van der Waals surface area contributed by atoms with Gasteiger partial charge in [-0.1, -0.05) is 0 Å². The number of likely N-dealkylation sites (tertiary alicyclic amines) is 1. The van der Waals surface area contributed by atoms with E-state index in [4.69, 9.17) is 9.47 Å². The van der Waals surface area contributed by atoms with Crippen molar-refractivity contribution in [3.05, 3.63) is 24.3 Å². The lowest BCUT2D eigenvalue weighted by Crippen LogP contribution is -2.39. The number of ether oxygens (including phenoxy) is 2. The summed E-state index contributed by atoms with van der Waals surface area (Å²) in [4.78, 5) is 18.1. The zero-order chi connectivity index (χ0) is 19.3. The number of halogens is 1. The van der Waals surface area contributed by atoms with E-state index in [2.05, 4.69) is 15.6 Å². The number of guanidine groups is 1. The Morgan fingerprint density at radius 1 is 1.18 bits per heavy atom. The Morgan fingerprint density at radius 3 is 2.57 bits per heavy atom. The smallest absolute Gasteiger partial charge is 0.222 e. The molecule has 1 aromatic rings. The molecule has 0 bridgehead atoms. The third-order valence-electron chi connectivity index (χ3n) is 4.31. The maximum atomic E-state index is 11.6. The molecule has 1 fully saturated rings. The van der Waals surface area contributed by atoms with Crippen LogP contribution in [-0.2, 0) is 4.79 Å². The number of carbonyl (C=O) groups is 1. The van der Waals surface area contributed by atoms with Crippen molar-refractivity contribution in [1.29, 1.82) is 0 Å². The summed E-state index contributed by atoms with van der Waals surface area (Å²) in [6.07, 6.45) is 3.46. The van der Waals surface area contributed by atoms with Gasteiger partial charge in [0, 0.05) is 45.6 Å². The average molecular weight is 504 g/mol. The molecule has 1 aliphatic rings. The molecular formula is C20H33IN4O3. The standard InChI is InChI=1S/C20H32N4O3.HI/c1-3-21-20(22-12-5-15-24-14-4-7-19(24)25)23-13-6-16-27-18-10-8-17(26-2)9-11-18;/h8-11H,3-7,12-16H2,1-2H3,(H2,21,22,23);1H. The van der Waals surface area contributed by atoms with Crippen LogP contribution in [0.1, 0.15) is 32.6 Å². The maximum absolute atomic E-state index is 11.6. The van der Waals surface area contributed by atoms with Crippen molar-refractivity contribution in [2.45, 2.75) is 32.6 Å². The summed E-state index contributed by atoms with van der Waals surface area (Å²) < 4.78 is 10.8. The predicted octanol–water partition coefficient (Wildman–Crippen LogP) is 2.65. The number of benzene rings is 1. The number of amides is 1. The molecule has 158 valence electrons. The number of nitrogens with zero attached hydrogens (tertiary/aromatic N) is 2. The first kappa shape index (κ1) is 24.3. The molecule has 28 heavy (non-hydrogen) atoms. The van der Waals surface area contributed by atoms with E-state index in [1.165, 1.54) is 0 Å². The molecule has 1 aromatic carbocycles. The van der Waals surface area contributed by atoms with Crippen LogP contribution in [-0.4, -0.2) is 63.2 Å². The van der Waals surface area contributed by atoms with E-state index < -0.39 is 0 Å². The van der Waals surface area contributed by atoms with Crippen LogP contribution >= 0.6 is 24.0 Å². The Balaban J connectivity index is 0.00000392. The highest BCUT2D eigenvalue weighted by Gasteiger charge is 2.18. The summed E-state index contributed by atoms with van der Waals surface area (Å²) in [5, 5.41) is 6.57. The summed E-state index contributed by atoms with van der Waals surface area (Å²) in [6.45, 7) is 6.70. The molecule has 0 spiro atoms. The van der Waals surface area contributed by atoms with Gasteiger partial charge in [-0.15, -0.1) is 24.0 Å². The third kappa shape index (κ3) is 8.99. The molecule has 1 aliphatic heterocycles. The van der Waals surface area contributed by atoms with Gasteiger partial charge in [0.15, 0.2) is 5.96 Å². The fraction of sp³-hybridized carbons (Fsp3) is 0.600. The lowest BCUT2D eigenvalue weighted by molar-refractivity contribution is -0.127. The highest BCUT2D eigenvalue weighted by molar-refractivity contribution is 14.0. The molecule has 2 rings (SSSR count). The van der Waals surface area contributed by atoms with E-state index in [0.29, 0.717) is 19.6 Å². The number of carbonyl (C=O) groups excluding carboxylic acids is 1. The van der Waals surface area contributed by atoms with Gasteiger partial charge in [-0.25, -0.2) is 0 Å². The van der Waals surface area contributed by atoms with Crippen molar-refractivity contribution in [2.24, 2.45) is 4.99 Å². The van der Waals surface area contributed by atoms with Gasteiger partial charge in [0.25, 0.3) is 0 Å². The van der Waals surface area contributed by atoms with Crippen molar-refractivity contribution < 1.29 is 14.3 Å². The van der Waals surface area contributed by atoms with Gasteiger partial charge in [0.05, 0.1) is 13.7 Å². The molecule has 0 aromatic heterocycles. The number of hydrogen-bond donors (Lipinski definition) is 2. The topological polar surface area (TPSA) is 75.2 Å². The van der Waals surface area contributed by atoms with Crippen LogP contribution in [0, 0.1) is 0 Å². The minimum atomic E-state index is 0. The van der Waals surface area contributed by atoms with Crippen molar-refractivity contribution in [2.75, 3.05) is 46.4 Å². The summed E-state index contributed by atoms with van der Waals surface area (Å²) in [6, 6.07) is 7.57. The van der Waals surface area contributed by atoms with Crippen LogP contribution in [0.25, 0.3) is 0 Å². The van der Waals surface area contributed by atoms with Crippen LogP contribution in [0.15, 0.2) is 29.3 Å². The quantitative estimate of drug-likeness (QED) is 0.210. The van der Waals surface area contributed by atoms with Crippen LogP contribution in [0.2, 0.25) is 0 Å². The molecule has 1 heterocycles. The lowest BCUT2D eigenvalue weighted by Gasteiger charge is -2.16. The van der Waals surface area contributed by atoms with E-state index >= 15 is 0 Å². The van der Waals surface area contributed by atoms with Crippen LogP contribution in [0.4, 0.5) is 0 Å². The Hall–Kier alpha value is -1.71. The number of methoxy groups -OCH3 is 1. The molecule has 0 unspecified atom stereocenters. The summed E-state index contributed by atoms with van der Waals surface area (Å²) in [5.41, 5.74) is 0. The molecule has 0 radical (unpaired) electrons. The van der Waals surface area contributed by atoms with Gasteiger partial charge in [-0.3, -0.25) is 9.79 Å². The largest absolute Gasteiger partial charge is 0.497 e. The first-order valence-electron chi connectivity index (χ1n) is 9.79. The first-order chi connectivity index (χ1) is 13.2. The fourth-order valence-corrected chi connectivity index (χ4v) is 2.88. The molecule has 0 saturated carbocycles. The first-order valence-corrected chi connectivity index (χ1v) is 9.79. The van der Waals surface area contributed by atoms with Gasteiger partial charge >= 0.3 is 0 Å². The zero-order valence-corrected chi connectivity index (χ0v) is 19.2. The second kappa shape index (κ2) is 14.3. The van der Waals surface area contributed by atoms with Gasteiger partial charge in [-0.05, 0) is 44.0 Å². The SMILES string of the molecule is CCNC(=NCCCOc1ccc(OC)cc1)NCCCN1CCCC1=O.I. The summed E-state index contributed by atoms with van der Waals surface area (Å²) in [7, 11) is 1.65. The van der Waals surface area contributed by atoms with Crippen molar-refractivity contribution in [3.63, 3.8) is 0 Å². The average Bonchev–Trinajstić information content (AvgIpc) is 3.10. The molecule has 0 atom stereocenters. The maximum Gasteiger partial charge on any atom is 0.222 e. The van der Waals surface area contributed by atoms with Gasteiger partial charge < -0.3 is 25.0 Å². The van der Waals surface area contributed by atoms with E-state index in [1.54, 1.807) is 7.11 Å². The fourth-order valence-electron chi connectivity index (χ4n) is 2.88. The highest BCUT2D eigenvalue weighted by Crippen LogP contribution is 2.17. The Morgan fingerprint density at radius 2 is 1.93 bits per heavy atom. The molecule has 1 amide bonds. The Bertz CT molecular complexity index is 596. The van der Waals surface area contributed by atoms with E-state index in [1.807, 2.05) is 36.1 Å². The molecular weight excluding hydrogens is 471 g/mol. The Kier molecular flexibility index (Phi) is 12.4. The Labute approximate surface area is 185 Å². The number of hydrogen-bond acceptors (Lipinski definition) is 4. The van der Waals surface area contributed by atoms with Crippen LogP contribution < -0.4 is 20.1 Å². The highest BCUT2D eigenvalue weighted by atomic mass is 127. The zero-order valence-electron chi connectivity index (χ0n) is 16.9. The second-order valence-electron chi connectivity index (χ2n) is 6.40. The number of aliphatic imine (C=N–C) groups is 1. The van der Waals surface area contributed by atoms with E-state index in [-0.39, 0.29) is 29.9 Å². The van der Waals surface area contributed by atoms with Gasteiger partial charge in [-0.2, -0.15) is 0 Å². The molecule has 8 heteroatoms. The van der Waals surface area contributed by atoms with Crippen LogP contribution in [0.3, 0.4) is 0 Å². The number of rotatable bonds is 11. The lowest BCUT2D eigenvalue weighted by atomic mass is 10.3. The van der Waals surface area contributed by atoms with Crippen molar-refractivity contribution in [1.82, 2.24) is 15.5 Å². The van der Waals surface area contributed by atoms with Crippen LogP contribution in [0.5, 0.6) is 11.5 Å². The van der Waals surface area contributed by atoms with Gasteiger partial charge in [0.1, 0.15) is 11.5 Å². The van der Waals surface area contributed by atoms with Crippen molar-refractivity contribution in [3.8, 4) is 11.5 Å². The van der Waals surface area contributed by atoms with Gasteiger partial charge in [0.2, 0.25) is 5.91 Å². The minimum absolute atomic E-state index is 0. The van der Waals surface area contributed by atoms with E-state index in [0.717, 1.165) is 62.9 Å². The third-order valence-corrected chi connectivity index (χ3v) is 4.31. The van der Waals surface area contributed by atoms with E-state index in [9.17, 15) is 4.79 Å². The molecule has 2 N–H and O–H groups in total. The summed E-state index contributed by atoms with van der Waals surface area (Å²) >= 11 is 0. The molecule has 0 aliphatic carbocycles. The monoisotopic (exact) mass is 504 g/mol. The summed E-state index contributed by atoms with van der Waals surface area (Å²) in [5.74, 6) is 2.76. The molecule has 1 saturated heterocycles. The van der Waals surface area contributed by atoms with Crippen molar-refractivity contribution >= 4 is 35.8 Å². The second-order valence-corrected chi connectivity index (χ2v) is 6.40. The molecule has 7 nitrogen and oxygen atoms in total. The number of nitrogens with one attached hydrogen (secondary N) is 2. The normalized spacial score (nSPS) is 13.9. The minimum Gasteiger partial charge on any atom is -0.497 e.